The Hall–Kier alpha value is -2.47. The van der Waals surface area contributed by atoms with Crippen LogP contribution in [0, 0.1) is 29.3 Å². The van der Waals surface area contributed by atoms with E-state index in [9.17, 15) is 36.3 Å². The molecular formula is C29H31ClF3NO6S. The van der Waals surface area contributed by atoms with E-state index in [2.05, 4.69) is 5.32 Å². The van der Waals surface area contributed by atoms with Crippen LogP contribution in [-0.2, 0) is 19.4 Å². The summed E-state index contributed by atoms with van der Waals surface area (Å²) in [7, 11) is -4.04. The molecule has 5 atom stereocenters. The number of Topliss-reactive ketones (excluding diaryl/α,β-unsaturated/α-hetero) is 1. The fraction of sp³-hybridized carbons (Fsp3) is 0.517. The SMILES string of the molecule is O=C(Nc1cc(F)c(F)c(F)c1)c1ccc(Cl)c(S(=O)(=O)C2CC3CC[C@@H](C2)C3(O)CCC(=O)C2CCCCO2)c1. The summed E-state index contributed by atoms with van der Waals surface area (Å²) in [6.07, 6.45) is 4.19. The molecule has 5 rings (SSSR count). The van der Waals surface area contributed by atoms with Crippen LogP contribution >= 0.6 is 11.6 Å². The summed E-state index contributed by atoms with van der Waals surface area (Å²) in [5.74, 6) is -6.17. The Morgan fingerprint density at radius 3 is 2.29 bits per heavy atom. The van der Waals surface area contributed by atoms with E-state index in [1.807, 2.05) is 0 Å². The van der Waals surface area contributed by atoms with Crippen molar-refractivity contribution in [1.82, 2.24) is 0 Å². The standard InChI is InChI=1S/C29H31ClF3NO6S/c30-21-7-4-16(28(36)34-19-14-22(31)27(33)23(32)15-19)11-26(21)41(38,39)20-12-17-5-6-18(13-20)29(17,37)9-8-24(35)25-3-1-2-10-40-25/h4,7,11,14-15,17-18,20,25,37H,1-3,5-6,8-10,12-13H2,(H,34,36)/t17-,18?,20?,25?,29?/m0/s1. The van der Waals surface area contributed by atoms with Gasteiger partial charge >= 0.3 is 0 Å². The number of rotatable bonds is 8. The van der Waals surface area contributed by atoms with Crippen LogP contribution in [0.15, 0.2) is 35.2 Å². The summed E-state index contributed by atoms with van der Waals surface area (Å²) < 4.78 is 73.5. The smallest absolute Gasteiger partial charge is 0.255 e. The molecule has 12 heteroatoms. The number of halogens is 4. The van der Waals surface area contributed by atoms with Crippen molar-refractivity contribution in [1.29, 1.82) is 0 Å². The minimum absolute atomic E-state index is 0.0275. The van der Waals surface area contributed by atoms with Gasteiger partial charge < -0.3 is 15.2 Å². The van der Waals surface area contributed by atoms with Gasteiger partial charge in [0.05, 0.1) is 20.8 Å². The maximum atomic E-state index is 13.8. The number of amides is 1. The molecule has 0 aromatic heterocycles. The molecule has 1 amide bonds. The van der Waals surface area contributed by atoms with E-state index >= 15 is 0 Å². The van der Waals surface area contributed by atoms with Crippen molar-refractivity contribution in [2.75, 3.05) is 11.9 Å². The average Bonchev–Trinajstić information content (AvgIpc) is 3.10. The highest BCUT2D eigenvalue weighted by Gasteiger charge is 2.55. The Labute approximate surface area is 241 Å². The molecule has 4 unspecified atom stereocenters. The van der Waals surface area contributed by atoms with Crippen molar-refractivity contribution in [3.63, 3.8) is 0 Å². The molecule has 3 aliphatic rings. The number of aliphatic hydroxyl groups is 1. The number of benzene rings is 2. The number of fused-ring (bicyclic) bond motifs is 2. The van der Waals surface area contributed by atoms with Gasteiger partial charge in [0.2, 0.25) is 0 Å². The molecule has 2 aromatic carbocycles. The number of ether oxygens (including phenoxy) is 1. The number of hydrogen-bond donors (Lipinski definition) is 2. The van der Waals surface area contributed by atoms with Gasteiger partial charge in [-0.15, -0.1) is 0 Å². The van der Waals surface area contributed by atoms with E-state index in [-0.39, 0.29) is 64.5 Å². The fourth-order valence-corrected chi connectivity index (χ4v) is 9.03. The number of hydrogen-bond acceptors (Lipinski definition) is 6. The van der Waals surface area contributed by atoms with Gasteiger partial charge in [0.15, 0.2) is 33.1 Å². The molecule has 2 aliphatic carbocycles. The largest absolute Gasteiger partial charge is 0.389 e. The fourth-order valence-electron chi connectivity index (χ4n) is 6.62. The van der Waals surface area contributed by atoms with E-state index in [1.165, 1.54) is 12.1 Å². The monoisotopic (exact) mass is 613 g/mol. The lowest BCUT2D eigenvalue weighted by molar-refractivity contribution is -0.136. The normalized spacial score (nSPS) is 27.9. The lowest BCUT2D eigenvalue weighted by Crippen LogP contribution is -2.48. The van der Waals surface area contributed by atoms with Crippen LogP contribution in [0.25, 0.3) is 0 Å². The van der Waals surface area contributed by atoms with Gasteiger partial charge in [-0.05, 0) is 81.4 Å². The lowest BCUT2D eigenvalue weighted by atomic mass is 9.71. The van der Waals surface area contributed by atoms with Crippen molar-refractivity contribution < 1.29 is 41.0 Å². The minimum atomic E-state index is -4.04. The van der Waals surface area contributed by atoms with Crippen LogP contribution in [0.1, 0.15) is 68.1 Å². The van der Waals surface area contributed by atoms with E-state index in [0.29, 0.717) is 38.0 Å². The second kappa shape index (κ2) is 11.7. The molecule has 41 heavy (non-hydrogen) atoms. The van der Waals surface area contributed by atoms with Crippen LogP contribution in [0.5, 0.6) is 0 Å². The number of carbonyl (C=O) groups excluding carboxylic acids is 2. The van der Waals surface area contributed by atoms with Crippen molar-refractivity contribution >= 4 is 38.8 Å². The van der Waals surface area contributed by atoms with Crippen LogP contribution < -0.4 is 5.32 Å². The predicted molar refractivity (Wildman–Crippen MR) is 145 cm³/mol. The van der Waals surface area contributed by atoms with Gasteiger partial charge in [-0.2, -0.15) is 0 Å². The first-order chi connectivity index (χ1) is 19.4. The topological polar surface area (TPSA) is 110 Å². The third-order valence-electron chi connectivity index (χ3n) is 8.86. The van der Waals surface area contributed by atoms with Gasteiger partial charge in [-0.3, -0.25) is 9.59 Å². The quantitative estimate of drug-likeness (QED) is 0.374. The van der Waals surface area contributed by atoms with Crippen LogP contribution in [0.3, 0.4) is 0 Å². The van der Waals surface area contributed by atoms with Crippen LogP contribution in [0.2, 0.25) is 5.02 Å². The van der Waals surface area contributed by atoms with Gasteiger partial charge in [0, 0.05) is 36.4 Å². The number of sulfone groups is 1. The van der Waals surface area contributed by atoms with E-state index in [0.717, 1.165) is 18.9 Å². The highest BCUT2D eigenvalue weighted by atomic mass is 35.5. The zero-order valence-electron chi connectivity index (χ0n) is 22.2. The summed E-state index contributed by atoms with van der Waals surface area (Å²) in [6.45, 7) is 0.556. The Balaban J connectivity index is 1.30. The molecule has 2 aromatic rings. The molecule has 1 saturated heterocycles. The molecule has 1 aliphatic heterocycles. The van der Waals surface area contributed by atoms with Gasteiger partial charge in [0.1, 0.15) is 6.10 Å². The van der Waals surface area contributed by atoms with E-state index < -0.39 is 50.2 Å². The second-order valence-electron chi connectivity index (χ2n) is 11.3. The third kappa shape index (κ3) is 5.91. The van der Waals surface area contributed by atoms with Crippen molar-refractivity contribution in [2.24, 2.45) is 11.8 Å². The van der Waals surface area contributed by atoms with Crippen molar-refractivity contribution in [3.8, 4) is 0 Å². The Kier molecular flexibility index (Phi) is 8.53. The van der Waals surface area contributed by atoms with Crippen molar-refractivity contribution in [2.45, 2.75) is 79.6 Å². The molecule has 0 radical (unpaired) electrons. The molecule has 7 nitrogen and oxygen atoms in total. The Morgan fingerprint density at radius 1 is 1.02 bits per heavy atom. The second-order valence-corrected chi connectivity index (χ2v) is 13.9. The molecule has 2 N–H and O–H groups in total. The maximum Gasteiger partial charge on any atom is 0.255 e. The Morgan fingerprint density at radius 2 is 1.68 bits per heavy atom. The van der Waals surface area contributed by atoms with Crippen molar-refractivity contribution in [3.05, 3.63) is 58.4 Å². The molecule has 3 fully saturated rings. The van der Waals surface area contributed by atoms with E-state index in [1.54, 1.807) is 0 Å². The average molecular weight is 614 g/mol. The summed E-state index contributed by atoms with van der Waals surface area (Å²) >= 11 is 6.28. The highest BCUT2D eigenvalue weighted by molar-refractivity contribution is 7.92. The molecule has 2 bridgehead atoms. The first-order valence-corrected chi connectivity index (χ1v) is 15.7. The van der Waals surface area contributed by atoms with Crippen LogP contribution in [-0.4, -0.2) is 48.8 Å². The first-order valence-electron chi connectivity index (χ1n) is 13.8. The molecular weight excluding hydrogens is 583 g/mol. The summed E-state index contributed by atoms with van der Waals surface area (Å²) in [5, 5.41) is 12.9. The summed E-state index contributed by atoms with van der Waals surface area (Å²) in [4.78, 5) is 25.2. The zero-order chi connectivity index (χ0) is 29.5. The number of carbonyl (C=O) groups is 2. The number of nitrogens with one attached hydrogen (secondary N) is 1. The zero-order valence-corrected chi connectivity index (χ0v) is 23.7. The van der Waals surface area contributed by atoms with Gasteiger partial charge in [-0.25, -0.2) is 21.6 Å². The first kappa shape index (κ1) is 30.0. The highest BCUT2D eigenvalue weighted by Crippen LogP contribution is 2.54. The van der Waals surface area contributed by atoms with Crippen LogP contribution in [0.4, 0.5) is 18.9 Å². The molecule has 0 spiro atoms. The summed E-state index contributed by atoms with van der Waals surface area (Å²) in [5.41, 5.74) is -1.61. The van der Waals surface area contributed by atoms with Gasteiger partial charge in [0.25, 0.3) is 5.91 Å². The molecule has 1 heterocycles. The predicted octanol–water partition coefficient (Wildman–Crippen LogP) is 5.62. The molecule has 2 saturated carbocycles. The Bertz CT molecular complexity index is 1430. The maximum absolute atomic E-state index is 13.8. The van der Waals surface area contributed by atoms with Gasteiger partial charge in [-0.1, -0.05) is 11.6 Å². The molecule has 222 valence electrons. The van der Waals surface area contributed by atoms with E-state index in [4.69, 9.17) is 16.3 Å². The lowest BCUT2D eigenvalue weighted by Gasteiger charge is -2.42. The minimum Gasteiger partial charge on any atom is -0.389 e. The summed E-state index contributed by atoms with van der Waals surface area (Å²) in [6, 6.07) is 4.84. The number of ketones is 1. The number of anilines is 1. The third-order valence-corrected chi connectivity index (χ3v) is 11.5.